The van der Waals surface area contributed by atoms with Crippen LogP contribution in [0.2, 0.25) is 5.02 Å². The Morgan fingerprint density at radius 1 is 1.40 bits per heavy atom. The van der Waals surface area contributed by atoms with Gasteiger partial charge in [-0.25, -0.2) is 17.9 Å². The number of aromatic carboxylic acids is 1. The fourth-order valence-electron chi connectivity index (χ4n) is 3.31. The van der Waals surface area contributed by atoms with Gasteiger partial charge in [-0.2, -0.15) is 0 Å². The second kappa shape index (κ2) is 7.61. The number of nitrogens with one attached hydrogen (secondary N) is 1. The van der Waals surface area contributed by atoms with Crippen LogP contribution in [0.4, 0.5) is 0 Å². The highest BCUT2D eigenvalue weighted by molar-refractivity contribution is 7.89. The Hall–Kier alpha value is -1.15. The van der Waals surface area contributed by atoms with Gasteiger partial charge >= 0.3 is 5.97 Å². The van der Waals surface area contributed by atoms with E-state index < -0.39 is 16.0 Å². The molecule has 1 saturated heterocycles. The van der Waals surface area contributed by atoms with Crippen molar-refractivity contribution in [3.05, 3.63) is 28.3 Å². The van der Waals surface area contributed by atoms with Crippen molar-refractivity contribution in [3.8, 4) is 0 Å². The van der Waals surface area contributed by atoms with Gasteiger partial charge in [0.15, 0.2) is 0 Å². The Bertz CT molecular complexity index is 762. The van der Waals surface area contributed by atoms with Gasteiger partial charge in [0.1, 0.15) is 0 Å². The number of carbonyl (C=O) groups is 1. The first-order valence-electron chi connectivity index (χ1n) is 8.27. The van der Waals surface area contributed by atoms with E-state index in [-0.39, 0.29) is 33.0 Å². The molecule has 0 bridgehead atoms. The number of hydrogen-bond donors (Lipinski definition) is 2. The van der Waals surface area contributed by atoms with E-state index in [1.54, 1.807) is 0 Å². The first-order chi connectivity index (χ1) is 11.5. The maximum absolute atomic E-state index is 12.6. The molecule has 8 heteroatoms. The predicted octanol–water partition coefficient (Wildman–Crippen LogP) is 2.75. The van der Waals surface area contributed by atoms with Crippen LogP contribution in [0.1, 0.15) is 42.6 Å². The molecule has 140 valence electrons. The molecule has 6 nitrogen and oxygen atoms in total. The van der Waals surface area contributed by atoms with Gasteiger partial charge in [-0.05, 0) is 49.4 Å². The van der Waals surface area contributed by atoms with Crippen LogP contribution in [-0.4, -0.2) is 50.6 Å². The van der Waals surface area contributed by atoms with E-state index in [4.69, 9.17) is 11.6 Å². The standard InChI is InChI=1S/C17H25ClN2O4S/c1-12-14(16(21)22)9-13(18)10-15(12)25(23,24)19-6-8-20-7-4-5-17(2,3)11-20/h9-10,19H,4-8,11H2,1-3H3,(H,21,22). The fourth-order valence-corrected chi connectivity index (χ4v) is 4.90. The SMILES string of the molecule is Cc1c(C(=O)O)cc(Cl)cc1S(=O)(=O)NCCN1CCCC(C)(C)C1. The van der Waals surface area contributed by atoms with E-state index in [0.717, 1.165) is 19.5 Å². The molecule has 0 saturated carbocycles. The lowest BCUT2D eigenvalue weighted by Crippen LogP contribution is -2.43. The highest BCUT2D eigenvalue weighted by atomic mass is 35.5. The Morgan fingerprint density at radius 2 is 2.08 bits per heavy atom. The van der Waals surface area contributed by atoms with Crippen molar-refractivity contribution < 1.29 is 18.3 Å². The summed E-state index contributed by atoms with van der Waals surface area (Å²) in [5, 5.41) is 9.28. The number of benzene rings is 1. The van der Waals surface area contributed by atoms with Crippen LogP contribution in [0.5, 0.6) is 0 Å². The number of likely N-dealkylation sites (tertiary alicyclic amines) is 1. The number of rotatable bonds is 6. The van der Waals surface area contributed by atoms with Crippen molar-refractivity contribution in [2.24, 2.45) is 5.41 Å². The van der Waals surface area contributed by atoms with Gasteiger partial charge < -0.3 is 10.0 Å². The smallest absolute Gasteiger partial charge is 0.336 e. The summed E-state index contributed by atoms with van der Waals surface area (Å²) in [6.07, 6.45) is 2.28. The van der Waals surface area contributed by atoms with E-state index in [0.29, 0.717) is 6.54 Å². The summed E-state index contributed by atoms with van der Waals surface area (Å²) in [6, 6.07) is 2.55. The highest BCUT2D eigenvalue weighted by Crippen LogP contribution is 2.28. The number of carboxylic acid groups (broad SMARTS) is 1. The largest absolute Gasteiger partial charge is 0.478 e. The third-order valence-electron chi connectivity index (χ3n) is 4.54. The Balaban J connectivity index is 2.08. The Kier molecular flexibility index (Phi) is 6.14. The van der Waals surface area contributed by atoms with Crippen LogP contribution >= 0.6 is 11.6 Å². The summed E-state index contributed by atoms with van der Waals surface area (Å²) in [5.74, 6) is -1.20. The molecule has 1 aromatic rings. The van der Waals surface area contributed by atoms with Crippen LogP contribution in [0.3, 0.4) is 0 Å². The van der Waals surface area contributed by atoms with Crippen molar-refractivity contribution >= 4 is 27.6 Å². The van der Waals surface area contributed by atoms with E-state index in [1.165, 1.54) is 25.5 Å². The van der Waals surface area contributed by atoms with Crippen molar-refractivity contribution in [1.82, 2.24) is 9.62 Å². The minimum Gasteiger partial charge on any atom is -0.478 e. The average molecular weight is 389 g/mol. The van der Waals surface area contributed by atoms with Gasteiger partial charge in [-0.1, -0.05) is 25.4 Å². The minimum atomic E-state index is -3.82. The predicted molar refractivity (Wildman–Crippen MR) is 97.8 cm³/mol. The third kappa shape index (κ3) is 5.17. The van der Waals surface area contributed by atoms with E-state index in [9.17, 15) is 18.3 Å². The van der Waals surface area contributed by atoms with Gasteiger partial charge in [0.2, 0.25) is 10.0 Å². The summed E-state index contributed by atoms with van der Waals surface area (Å²) in [4.78, 5) is 13.4. The molecular weight excluding hydrogens is 364 g/mol. The lowest BCUT2D eigenvalue weighted by molar-refractivity contribution is 0.0695. The Labute approximate surface area is 154 Å². The molecule has 1 heterocycles. The molecule has 1 aliphatic rings. The van der Waals surface area contributed by atoms with Gasteiger partial charge in [0, 0.05) is 24.7 Å². The zero-order chi connectivity index (χ0) is 18.8. The summed E-state index contributed by atoms with van der Waals surface area (Å²) < 4.78 is 27.7. The lowest BCUT2D eigenvalue weighted by Gasteiger charge is -2.38. The fraction of sp³-hybridized carbons (Fsp3) is 0.588. The van der Waals surface area contributed by atoms with Crippen LogP contribution in [0, 0.1) is 12.3 Å². The average Bonchev–Trinajstić information content (AvgIpc) is 2.47. The Morgan fingerprint density at radius 3 is 2.68 bits per heavy atom. The molecule has 0 amide bonds. The zero-order valence-corrected chi connectivity index (χ0v) is 16.4. The minimum absolute atomic E-state index is 0.0844. The zero-order valence-electron chi connectivity index (χ0n) is 14.8. The number of piperidine rings is 1. The summed E-state index contributed by atoms with van der Waals surface area (Å²) in [5.41, 5.74) is 0.325. The molecule has 0 radical (unpaired) electrons. The van der Waals surface area contributed by atoms with Crippen LogP contribution in [0.25, 0.3) is 0 Å². The van der Waals surface area contributed by atoms with Crippen molar-refractivity contribution in [2.75, 3.05) is 26.2 Å². The number of nitrogens with zero attached hydrogens (tertiary/aromatic N) is 1. The topological polar surface area (TPSA) is 86.7 Å². The second-order valence-electron chi connectivity index (χ2n) is 7.32. The number of hydrogen-bond acceptors (Lipinski definition) is 4. The van der Waals surface area contributed by atoms with E-state index in [2.05, 4.69) is 23.5 Å². The van der Waals surface area contributed by atoms with E-state index >= 15 is 0 Å². The number of carboxylic acids is 1. The molecule has 1 aliphatic heterocycles. The van der Waals surface area contributed by atoms with Gasteiger partial charge in [-0.3, -0.25) is 0 Å². The van der Waals surface area contributed by atoms with Crippen molar-refractivity contribution in [3.63, 3.8) is 0 Å². The number of halogens is 1. The first kappa shape index (κ1) is 20.2. The quantitative estimate of drug-likeness (QED) is 0.782. The van der Waals surface area contributed by atoms with Crippen LogP contribution < -0.4 is 4.72 Å². The molecule has 1 aromatic carbocycles. The van der Waals surface area contributed by atoms with E-state index in [1.807, 2.05) is 0 Å². The second-order valence-corrected chi connectivity index (χ2v) is 9.50. The molecule has 0 spiro atoms. The van der Waals surface area contributed by atoms with Crippen molar-refractivity contribution in [2.45, 2.75) is 38.5 Å². The molecule has 1 fully saturated rings. The summed E-state index contributed by atoms with van der Waals surface area (Å²) in [7, 11) is -3.82. The third-order valence-corrected chi connectivity index (χ3v) is 6.35. The molecule has 25 heavy (non-hydrogen) atoms. The maximum atomic E-state index is 12.6. The summed E-state index contributed by atoms with van der Waals surface area (Å²) in [6.45, 7) is 8.69. The normalized spacial score (nSPS) is 18.2. The first-order valence-corrected chi connectivity index (χ1v) is 10.1. The molecule has 2 N–H and O–H groups in total. The molecule has 0 aliphatic carbocycles. The molecule has 0 atom stereocenters. The lowest BCUT2D eigenvalue weighted by atomic mass is 9.84. The molecular formula is C17H25ClN2O4S. The van der Waals surface area contributed by atoms with Gasteiger partial charge in [0.25, 0.3) is 0 Å². The van der Waals surface area contributed by atoms with Crippen molar-refractivity contribution in [1.29, 1.82) is 0 Å². The van der Waals surface area contributed by atoms with Crippen LogP contribution in [-0.2, 0) is 10.0 Å². The van der Waals surface area contributed by atoms with Gasteiger partial charge in [-0.15, -0.1) is 0 Å². The highest BCUT2D eigenvalue weighted by Gasteiger charge is 2.27. The molecule has 0 unspecified atom stereocenters. The maximum Gasteiger partial charge on any atom is 0.336 e. The molecule has 0 aromatic heterocycles. The number of sulfonamides is 1. The van der Waals surface area contributed by atoms with Gasteiger partial charge in [0.05, 0.1) is 10.5 Å². The van der Waals surface area contributed by atoms with Crippen LogP contribution in [0.15, 0.2) is 17.0 Å². The monoisotopic (exact) mass is 388 g/mol. The molecule has 2 rings (SSSR count). The summed E-state index contributed by atoms with van der Waals surface area (Å²) >= 11 is 5.90.